The number of rotatable bonds is 3. The predicted molar refractivity (Wildman–Crippen MR) is 77.4 cm³/mol. The maximum atomic E-state index is 6.32. The molecule has 19 heavy (non-hydrogen) atoms. The molecule has 1 aliphatic rings. The van der Waals surface area contributed by atoms with Crippen LogP contribution in [0.2, 0.25) is 5.02 Å². The molecule has 4 nitrogen and oxygen atoms in total. The molecule has 1 fully saturated rings. The third kappa shape index (κ3) is 2.95. The molecule has 6 heteroatoms. The van der Waals surface area contributed by atoms with Gasteiger partial charge in [0.2, 0.25) is 0 Å². The Kier molecular flexibility index (Phi) is 4.08. The Hall–Kier alpha value is -1.01. The molecule has 1 aromatic heterocycles. The third-order valence-electron chi connectivity index (χ3n) is 3.39. The smallest absolute Gasteiger partial charge is 0.0895 e. The fraction of sp³-hybridized carbons (Fsp3) is 0.385. The highest BCUT2D eigenvalue weighted by molar-refractivity contribution is 7.03. The van der Waals surface area contributed by atoms with Gasteiger partial charge in [0.25, 0.3) is 0 Å². The second-order valence-electron chi connectivity index (χ2n) is 4.61. The molecule has 100 valence electrons. The summed E-state index contributed by atoms with van der Waals surface area (Å²) in [5, 5.41) is 10.4. The largest absolute Gasteiger partial charge is 0.314 e. The number of hydrogen-bond acceptors (Lipinski definition) is 5. The van der Waals surface area contributed by atoms with Gasteiger partial charge in [-0.15, -0.1) is 5.10 Å². The summed E-state index contributed by atoms with van der Waals surface area (Å²) in [7, 11) is 0. The molecule has 2 heterocycles. The fourth-order valence-electron chi connectivity index (χ4n) is 2.45. The van der Waals surface area contributed by atoms with Gasteiger partial charge >= 0.3 is 0 Å². The van der Waals surface area contributed by atoms with E-state index in [1.54, 1.807) is 0 Å². The Balaban J connectivity index is 1.83. The van der Waals surface area contributed by atoms with Crippen molar-refractivity contribution in [3.05, 3.63) is 45.9 Å². The van der Waals surface area contributed by atoms with Gasteiger partial charge in [-0.3, -0.25) is 4.90 Å². The van der Waals surface area contributed by atoms with Crippen LogP contribution in [0.5, 0.6) is 0 Å². The van der Waals surface area contributed by atoms with Gasteiger partial charge in [0.15, 0.2) is 0 Å². The number of piperazine rings is 1. The molecule has 3 rings (SSSR count). The molecule has 0 radical (unpaired) electrons. The average Bonchev–Trinajstić information content (AvgIpc) is 2.93. The van der Waals surface area contributed by atoms with E-state index in [4.69, 9.17) is 11.6 Å². The van der Waals surface area contributed by atoms with Crippen molar-refractivity contribution in [1.29, 1.82) is 0 Å². The predicted octanol–water partition coefficient (Wildman–Crippen LogP) is 2.34. The monoisotopic (exact) mass is 294 g/mol. The van der Waals surface area contributed by atoms with Crippen LogP contribution >= 0.6 is 23.1 Å². The number of hydrogen-bond donors (Lipinski definition) is 1. The number of benzene rings is 1. The molecule has 1 N–H and O–H groups in total. The van der Waals surface area contributed by atoms with Crippen LogP contribution in [0.25, 0.3) is 0 Å². The summed E-state index contributed by atoms with van der Waals surface area (Å²) < 4.78 is 3.93. The van der Waals surface area contributed by atoms with Gasteiger partial charge in [0.1, 0.15) is 0 Å². The van der Waals surface area contributed by atoms with E-state index in [2.05, 4.69) is 25.9 Å². The van der Waals surface area contributed by atoms with E-state index in [1.165, 1.54) is 17.1 Å². The molecule has 0 bridgehead atoms. The SMILES string of the molecule is Clc1ccccc1C1CNCCN1Cc1csnn1. The van der Waals surface area contributed by atoms with Crippen LogP contribution in [0.4, 0.5) is 0 Å². The van der Waals surface area contributed by atoms with E-state index in [9.17, 15) is 0 Å². The molecular weight excluding hydrogens is 280 g/mol. The topological polar surface area (TPSA) is 41.0 Å². The lowest BCUT2D eigenvalue weighted by molar-refractivity contribution is 0.152. The fourth-order valence-corrected chi connectivity index (χ4v) is 3.15. The van der Waals surface area contributed by atoms with Crippen molar-refractivity contribution in [2.45, 2.75) is 12.6 Å². The number of nitrogens with one attached hydrogen (secondary N) is 1. The lowest BCUT2D eigenvalue weighted by Crippen LogP contribution is -2.45. The normalized spacial score (nSPS) is 20.6. The Morgan fingerprint density at radius 3 is 3.11 bits per heavy atom. The zero-order valence-corrected chi connectivity index (χ0v) is 12.0. The first-order valence-electron chi connectivity index (χ1n) is 6.30. The van der Waals surface area contributed by atoms with Crippen LogP contribution in [0.1, 0.15) is 17.3 Å². The molecule has 0 aliphatic carbocycles. The van der Waals surface area contributed by atoms with Crippen LogP contribution in [0.15, 0.2) is 29.6 Å². The van der Waals surface area contributed by atoms with Crippen molar-refractivity contribution < 1.29 is 0 Å². The van der Waals surface area contributed by atoms with E-state index >= 15 is 0 Å². The summed E-state index contributed by atoms with van der Waals surface area (Å²) >= 11 is 7.72. The first-order valence-corrected chi connectivity index (χ1v) is 7.51. The minimum atomic E-state index is 0.296. The highest BCUT2D eigenvalue weighted by Gasteiger charge is 2.25. The van der Waals surface area contributed by atoms with Crippen LogP contribution < -0.4 is 5.32 Å². The van der Waals surface area contributed by atoms with E-state index < -0.39 is 0 Å². The third-order valence-corrected chi connectivity index (χ3v) is 4.29. The lowest BCUT2D eigenvalue weighted by atomic mass is 10.0. The first kappa shape index (κ1) is 13.0. The van der Waals surface area contributed by atoms with Gasteiger partial charge in [-0.25, -0.2) is 0 Å². The molecule has 1 aromatic carbocycles. The molecular formula is C13H15ClN4S. The Morgan fingerprint density at radius 1 is 1.42 bits per heavy atom. The van der Waals surface area contributed by atoms with Gasteiger partial charge in [-0.2, -0.15) is 0 Å². The summed E-state index contributed by atoms with van der Waals surface area (Å²) in [6, 6.07) is 8.36. The van der Waals surface area contributed by atoms with Crippen molar-refractivity contribution in [1.82, 2.24) is 19.8 Å². The van der Waals surface area contributed by atoms with Gasteiger partial charge in [-0.1, -0.05) is 34.3 Å². The van der Waals surface area contributed by atoms with Crippen molar-refractivity contribution >= 4 is 23.1 Å². The summed E-state index contributed by atoms with van der Waals surface area (Å²) in [5.41, 5.74) is 2.21. The molecule has 2 aromatic rings. The maximum absolute atomic E-state index is 6.32. The Morgan fingerprint density at radius 2 is 2.32 bits per heavy atom. The highest BCUT2D eigenvalue weighted by atomic mass is 35.5. The van der Waals surface area contributed by atoms with Crippen molar-refractivity contribution in [3.63, 3.8) is 0 Å². The molecule has 0 spiro atoms. The van der Waals surface area contributed by atoms with Crippen molar-refractivity contribution in [2.75, 3.05) is 19.6 Å². The Bertz CT molecular complexity index is 531. The standard InChI is InChI=1S/C13H15ClN4S/c14-12-4-2-1-3-11(12)13-7-15-5-6-18(13)8-10-9-19-17-16-10/h1-4,9,13,15H,5-8H2. The van der Waals surface area contributed by atoms with Gasteiger partial charge in [-0.05, 0) is 23.2 Å². The lowest BCUT2D eigenvalue weighted by Gasteiger charge is -2.36. The van der Waals surface area contributed by atoms with Gasteiger partial charge < -0.3 is 5.32 Å². The molecule has 1 saturated heterocycles. The first-order chi connectivity index (χ1) is 9.34. The molecule has 0 amide bonds. The quantitative estimate of drug-likeness (QED) is 0.943. The van der Waals surface area contributed by atoms with Crippen LogP contribution in [-0.4, -0.2) is 34.1 Å². The average molecular weight is 295 g/mol. The van der Waals surface area contributed by atoms with Gasteiger partial charge in [0, 0.05) is 42.6 Å². The molecule has 0 saturated carbocycles. The van der Waals surface area contributed by atoms with E-state index in [1.807, 2.05) is 23.6 Å². The Labute approximate surface area is 121 Å². The molecule has 1 aliphatic heterocycles. The van der Waals surface area contributed by atoms with E-state index in [0.29, 0.717) is 6.04 Å². The van der Waals surface area contributed by atoms with Gasteiger partial charge in [0.05, 0.1) is 5.69 Å². The van der Waals surface area contributed by atoms with Crippen LogP contribution in [0, 0.1) is 0 Å². The number of aromatic nitrogens is 2. The van der Waals surface area contributed by atoms with Crippen LogP contribution in [-0.2, 0) is 6.54 Å². The zero-order valence-electron chi connectivity index (χ0n) is 10.4. The zero-order chi connectivity index (χ0) is 13.1. The number of halogens is 1. The summed E-state index contributed by atoms with van der Waals surface area (Å²) in [5.74, 6) is 0. The minimum absolute atomic E-state index is 0.296. The minimum Gasteiger partial charge on any atom is -0.314 e. The second kappa shape index (κ2) is 5.96. The van der Waals surface area contributed by atoms with E-state index in [0.717, 1.165) is 36.9 Å². The summed E-state index contributed by atoms with van der Waals surface area (Å²) in [6.07, 6.45) is 0. The summed E-state index contributed by atoms with van der Waals surface area (Å²) in [4.78, 5) is 2.41. The molecule has 1 atom stereocenters. The molecule has 1 unspecified atom stereocenters. The summed E-state index contributed by atoms with van der Waals surface area (Å²) in [6.45, 7) is 3.74. The maximum Gasteiger partial charge on any atom is 0.0895 e. The van der Waals surface area contributed by atoms with Crippen molar-refractivity contribution in [3.8, 4) is 0 Å². The van der Waals surface area contributed by atoms with E-state index in [-0.39, 0.29) is 0 Å². The number of nitrogens with zero attached hydrogens (tertiary/aromatic N) is 3. The van der Waals surface area contributed by atoms with Crippen LogP contribution in [0.3, 0.4) is 0 Å². The second-order valence-corrected chi connectivity index (χ2v) is 5.63. The highest BCUT2D eigenvalue weighted by Crippen LogP contribution is 2.29. The van der Waals surface area contributed by atoms with Crippen molar-refractivity contribution in [2.24, 2.45) is 0 Å².